The molecule has 4 amide bonds. The number of carbonyl (C=O) groups excluding carboxylic acids is 4. The Hall–Kier alpha value is -2.78. The quantitative estimate of drug-likeness (QED) is 0.681. The topological polar surface area (TPSA) is 114 Å². The van der Waals surface area contributed by atoms with E-state index in [9.17, 15) is 19.2 Å². The molecule has 9 heteroatoms. The van der Waals surface area contributed by atoms with Crippen LogP contribution in [0.25, 0.3) is 0 Å². The van der Waals surface area contributed by atoms with Gasteiger partial charge in [-0.3, -0.25) is 29.4 Å². The minimum Gasteiger partial charge on any atom is -0.492 e. The zero-order valence-electron chi connectivity index (χ0n) is 14.5. The maximum Gasteiger partial charge on any atom is 0.262 e. The number of benzene rings is 1. The molecule has 3 aliphatic rings. The van der Waals surface area contributed by atoms with Crippen molar-refractivity contribution in [3.63, 3.8) is 0 Å². The van der Waals surface area contributed by atoms with Gasteiger partial charge in [-0.25, -0.2) is 0 Å². The third kappa shape index (κ3) is 3.31. The summed E-state index contributed by atoms with van der Waals surface area (Å²) < 4.78 is 11.1. The lowest BCUT2D eigenvalue weighted by molar-refractivity contribution is -0.136. The molecule has 2 fully saturated rings. The maximum atomic E-state index is 12.7. The van der Waals surface area contributed by atoms with E-state index in [1.165, 1.54) is 12.1 Å². The molecule has 4 rings (SSSR count). The van der Waals surface area contributed by atoms with E-state index in [0.717, 1.165) is 11.4 Å². The molecule has 27 heavy (non-hydrogen) atoms. The highest BCUT2D eigenvalue weighted by atomic mass is 16.5. The molecular formula is C18H19N3O6. The smallest absolute Gasteiger partial charge is 0.262 e. The first-order valence-electron chi connectivity index (χ1n) is 8.84. The van der Waals surface area contributed by atoms with Crippen LogP contribution < -0.4 is 15.4 Å². The van der Waals surface area contributed by atoms with Gasteiger partial charge in [0.2, 0.25) is 11.8 Å². The molecule has 2 saturated heterocycles. The molecular weight excluding hydrogens is 354 g/mol. The van der Waals surface area contributed by atoms with Crippen molar-refractivity contribution >= 4 is 23.6 Å². The highest BCUT2D eigenvalue weighted by molar-refractivity contribution is 6.23. The molecule has 2 atom stereocenters. The van der Waals surface area contributed by atoms with Gasteiger partial charge in [0.15, 0.2) is 0 Å². The number of piperidine rings is 1. The summed E-state index contributed by atoms with van der Waals surface area (Å²) >= 11 is 0. The lowest BCUT2D eigenvalue weighted by atomic mass is 10.0. The fraction of sp³-hybridized carbons (Fsp3) is 0.444. The summed E-state index contributed by atoms with van der Waals surface area (Å²) in [5, 5.41) is 5.44. The first kappa shape index (κ1) is 17.6. The summed E-state index contributed by atoms with van der Waals surface area (Å²) in [6.07, 6.45) is 0.224. The lowest BCUT2D eigenvalue weighted by Gasteiger charge is -2.27. The number of amides is 4. The highest BCUT2D eigenvalue weighted by Gasteiger charge is 2.44. The predicted molar refractivity (Wildman–Crippen MR) is 91.2 cm³/mol. The van der Waals surface area contributed by atoms with Gasteiger partial charge in [-0.05, 0) is 24.6 Å². The maximum absolute atomic E-state index is 12.7. The highest BCUT2D eigenvalue weighted by Crippen LogP contribution is 2.30. The number of nitrogens with zero attached hydrogens (tertiary/aromatic N) is 1. The SMILES string of the molecule is O=C1CCC(N2C(=O)c3ccc(OC[C@H]4COCCN4)cc3C2=O)C(=O)N1. The van der Waals surface area contributed by atoms with Gasteiger partial charge in [0.25, 0.3) is 11.8 Å². The molecule has 0 saturated carbocycles. The number of nitrogens with one attached hydrogen (secondary N) is 2. The molecule has 0 aliphatic carbocycles. The third-order valence-electron chi connectivity index (χ3n) is 4.86. The van der Waals surface area contributed by atoms with Crippen LogP contribution in [-0.2, 0) is 14.3 Å². The number of morpholine rings is 1. The van der Waals surface area contributed by atoms with Crippen molar-refractivity contribution in [2.24, 2.45) is 0 Å². The number of hydrogen-bond acceptors (Lipinski definition) is 7. The van der Waals surface area contributed by atoms with Crippen LogP contribution in [0.1, 0.15) is 33.6 Å². The van der Waals surface area contributed by atoms with Crippen molar-refractivity contribution in [2.75, 3.05) is 26.4 Å². The molecule has 1 unspecified atom stereocenters. The second-order valence-electron chi connectivity index (χ2n) is 6.69. The summed E-state index contributed by atoms with van der Waals surface area (Å²) in [5.74, 6) is -1.63. The van der Waals surface area contributed by atoms with E-state index in [1.807, 2.05) is 0 Å². The number of fused-ring (bicyclic) bond motifs is 1. The Labute approximate surface area is 155 Å². The van der Waals surface area contributed by atoms with Crippen LogP contribution in [0.3, 0.4) is 0 Å². The average Bonchev–Trinajstić information content (AvgIpc) is 2.92. The second-order valence-corrected chi connectivity index (χ2v) is 6.69. The standard InChI is InChI=1S/C18H19N3O6/c22-15-4-3-14(16(23)20-15)21-17(24)12-2-1-11(7-13(12)18(21)25)27-9-10-8-26-6-5-19-10/h1-2,7,10,14,19H,3-6,8-9H2,(H,20,22,23)/t10-,14?/m1/s1. The van der Waals surface area contributed by atoms with Crippen LogP contribution >= 0.6 is 0 Å². The molecule has 142 valence electrons. The average molecular weight is 373 g/mol. The van der Waals surface area contributed by atoms with Crippen LogP contribution in [-0.4, -0.2) is 67.0 Å². The van der Waals surface area contributed by atoms with E-state index in [2.05, 4.69) is 10.6 Å². The Balaban J connectivity index is 1.49. The van der Waals surface area contributed by atoms with Crippen LogP contribution in [0.15, 0.2) is 18.2 Å². The summed E-state index contributed by atoms with van der Waals surface area (Å²) in [5.41, 5.74) is 0.436. The number of imide groups is 2. The number of rotatable bonds is 4. The second kappa shape index (κ2) is 7.09. The first-order chi connectivity index (χ1) is 13.0. The van der Waals surface area contributed by atoms with Gasteiger partial charge >= 0.3 is 0 Å². The van der Waals surface area contributed by atoms with Gasteiger partial charge < -0.3 is 14.8 Å². The van der Waals surface area contributed by atoms with Gasteiger partial charge in [-0.2, -0.15) is 0 Å². The van der Waals surface area contributed by atoms with Crippen molar-refractivity contribution in [3.8, 4) is 5.75 Å². The van der Waals surface area contributed by atoms with Gasteiger partial charge in [-0.1, -0.05) is 0 Å². The van der Waals surface area contributed by atoms with E-state index < -0.39 is 29.7 Å². The predicted octanol–water partition coefficient (Wildman–Crippen LogP) is -0.545. The van der Waals surface area contributed by atoms with E-state index >= 15 is 0 Å². The van der Waals surface area contributed by atoms with Crippen LogP contribution in [0.4, 0.5) is 0 Å². The van der Waals surface area contributed by atoms with Crippen molar-refractivity contribution in [1.29, 1.82) is 0 Å². The van der Waals surface area contributed by atoms with Crippen LogP contribution in [0.2, 0.25) is 0 Å². The third-order valence-corrected chi connectivity index (χ3v) is 4.86. The van der Waals surface area contributed by atoms with Gasteiger partial charge in [0, 0.05) is 13.0 Å². The van der Waals surface area contributed by atoms with Crippen molar-refractivity contribution in [3.05, 3.63) is 29.3 Å². The van der Waals surface area contributed by atoms with Gasteiger partial charge in [0.1, 0.15) is 18.4 Å². The van der Waals surface area contributed by atoms with Gasteiger partial charge in [-0.15, -0.1) is 0 Å². The summed E-state index contributed by atoms with van der Waals surface area (Å²) in [6.45, 7) is 2.34. The van der Waals surface area contributed by atoms with Crippen molar-refractivity contribution in [1.82, 2.24) is 15.5 Å². The lowest BCUT2D eigenvalue weighted by Crippen LogP contribution is -2.54. The normalized spacial score (nSPS) is 25.4. The Morgan fingerprint density at radius 2 is 1.96 bits per heavy atom. The summed E-state index contributed by atoms with van der Waals surface area (Å²) in [6, 6.07) is 3.77. The molecule has 0 bridgehead atoms. The zero-order chi connectivity index (χ0) is 19.0. The number of carbonyl (C=O) groups is 4. The first-order valence-corrected chi connectivity index (χ1v) is 8.84. The van der Waals surface area contributed by atoms with Crippen LogP contribution in [0.5, 0.6) is 5.75 Å². The molecule has 0 spiro atoms. The molecule has 2 N–H and O–H groups in total. The van der Waals surface area contributed by atoms with Gasteiger partial charge in [0.05, 0.1) is 30.4 Å². The monoisotopic (exact) mass is 373 g/mol. The Bertz CT molecular complexity index is 817. The summed E-state index contributed by atoms with van der Waals surface area (Å²) in [7, 11) is 0. The van der Waals surface area contributed by atoms with E-state index in [0.29, 0.717) is 25.6 Å². The summed E-state index contributed by atoms with van der Waals surface area (Å²) in [4.78, 5) is 49.7. The molecule has 3 aliphatic heterocycles. The largest absolute Gasteiger partial charge is 0.492 e. The fourth-order valence-corrected chi connectivity index (χ4v) is 3.46. The van der Waals surface area contributed by atoms with E-state index in [4.69, 9.17) is 9.47 Å². The Morgan fingerprint density at radius 1 is 1.15 bits per heavy atom. The molecule has 1 aromatic carbocycles. The number of ether oxygens (including phenoxy) is 2. The molecule has 3 heterocycles. The molecule has 1 aromatic rings. The fourth-order valence-electron chi connectivity index (χ4n) is 3.46. The molecule has 9 nitrogen and oxygen atoms in total. The van der Waals surface area contributed by atoms with E-state index in [-0.39, 0.29) is 30.0 Å². The van der Waals surface area contributed by atoms with Crippen LogP contribution in [0, 0.1) is 0 Å². The van der Waals surface area contributed by atoms with E-state index in [1.54, 1.807) is 6.07 Å². The van der Waals surface area contributed by atoms with Crippen molar-refractivity contribution in [2.45, 2.75) is 24.9 Å². The Kier molecular flexibility index (Phi) is 4.63. The minimum absolute atomic E-state index is 0.0595. The molecule has 0 aromatic heterocycles. The molecule has 0 radical (unpaired) electrons. The Morgan fingerprint density at radius 3 is 2.70 bits per heavy atom. The zero-order valence-corrected chi connectivity index (χ0v) is 14.5. The minimum atomic E-state index is -0.969. The van der Waals surface area contributed by atoms with Crippen molar-refractivity contribution < 1.29 is 28.7 Å². The number of hydrogen-bond donors (Lipinski definition) is 2.